The first-order valence-electron chi connectivity index (χ1n) is 3.24. The normalized spacial score (nSPS) is 23.7. The van der Waals surface area contributed by atoms with Crippen molar-refractivity contribution >= 4 is 33.8 Å². The third-order valence-corrected chi connectivity index (χ3v) is 3.35. The summed E-state index contributed by atoms with van der Waals surface area (Å²) in [7, 11) is 0. The van der Waals surface area contributed by atoms with Gasteiger partial charge in [-0.05, 0) is 13.2 Å². The molecule has 1 aliphatic rings. The highest BCUT2D eigenvalue weighted by Gasteiger charge is 2.25. The van der Waals surface area contributed by atoms with E-state index in [0.29, 0.717) is 0 Å². The van der Waals surface area contributed by atoms with Crippen molar-refractivity contribution in [3.05, 3.63) is 0 Å². The Balaban J connectivity index is 2.68. The zero-order valence-corrected chi connectivity index (χ0v) is 8.33. The number of nitrogens with zero attached hydrogens (tertiary/aromatic N) is 2. The maximum Gasteiger partial charge on any atom is 0.240 e. The van der Waals surface area contributed by atoms with Gasteiger partial charge in [0.1, 0.15) is 5.37 Å². The van der Waals surface area contributed by atoms with E-state index < -0.39 is 0 Å². The summed E-state index contributed by atoms with van der Waals surface area (Å²) in [5.74, 6) is 0.00838. The number of amides is 1. The molecule has 0 fully saturated rings. The molecule has 11 heavy (non-hydrogen) atoms. The van der Waals surface area contributed by atoms with E-state index in [4.69, 9.17) is 0 Å². The molecule has 0 spiro atoms. The molecule has 5 heteroatoms. The van der Waals surface area contributed by atoms with Gasteiger partial charge in [0, 0.05) is 6.92 Å². The fraction of sp³-hybridized carbons (Fsp3) is 0.667. The molecule has 62 valence electrons. The van der Waals surface area contributed by atoms with E-state index in [1.165, 1.54) is 11.9 Å². The van der Waals surface area contributed by atoms with Crippen LogP contribution in [0.5, 0.6) is 0 Å². The molecule has 0 saturated carbocycles. The largest absolute Gasteiger partial charge is 0.273 e. The van der Waals surface area contributed by atoms with Crippen molar-refractivity contribution in [2.75, 3.05) is 6.26 Å². The average Bonchev–Trinajstić information content (AvgIpc) is 2.30. The summed E-state index contributed by atoms with van der Waals surface area (Å²) >= 11 is 3.20. The third-order valence-electron chi connectivity index (χ3n) is 1.30. The van der Waals surface area contributed by atoms with Crippen LogP contribution in [0.3, 0.4) is 0 Å². The lowest BCUT2D eigenvalue weighted by Crippen LogP contribution is -2.26. The third kappa shape index (κ3) is 1.90. The van der Waals surface area contributed by atoms with E-state index in [-0.39, 0.29) is 11.3 Å². The lowest BCUT2D eigenvalue weighted by molar-refractivity contribution is -0.129. The second kappa shape index (κ2) is 3.49. The number of carbonyl (C=O) groups is 1. The van der Waals surface area contributed by atoms with Crippen LogP contribution < -0.4 is 0 Å². The van der Waals surface area contributed by atoms with Crippen LogP contribution in [-0.2, 0) is 4.79 Å². The highest BCUT2D eigenvalue weighted by Crippen LogP contribution is 2.29. The number of carbonyl (C=O) groups excluding carboxylic acids is 1. The van der Waals surface area contributed by atoms with Crippen molar-refractivity contribution in [3.8, 4) is 0 Å². The lowest BCUT2D eigenvalue weighted by Gasteiger charge is -2.13. The van der Waals surface area contributed by atoms with Crippen LogP contribution in [0.25, 0.3) is 0 Å². The lowest BCUT2D eigenvalue weighted by atomic mass is 10.6. The van der Waals surface area contributed by atoms with Gasteiger partial charge in [0.05, 0.1) is 0 Å². The Morgan fingerprint density at radius 1 is 1.82 bits per heavy atom. The Morgan fingerprint density at radius 3 is 2.73 bits per heavy atom. The van der Waals surface area contributed by atoms with Gasteiger partial charge in [0.2, 0.25) is 5.91 Å². The summed E-state index contributed by atoms with van der Waals surface area (Å²) in [6.07, 6.45) is 1.96. The van der Waals surface area contributed by atoms with E-state index in [0.717, 1.165) is 4.38 Å². The van der Waals surface area contributed by atoms with Crippen molar-refractivity contribution in [2.24, 2.45) is 5.10 Å². The molecule has 1 atom stereocenters. The first-order chi connectivity index (χ1) is 5.15. The highest BCUT2D eigenvalue weighted by molar-refractivity contribution is 8.39. The van der Waals surface area contributed by atoms with Gasteiger partial charge in [-0.15, -0.1) is 11.8 Å². The van der Waals surface area contributed by atoms with Crippen molar-refractivity contribution in [1.82, 2.24) is 5.01 Å². The Labute approximate surface area is 74.6 Å². The molecule has 0 bridgehead atoms. The highest BCUT2D eigenvalue weighted by atomic mass is 32.2. The molecule has 1 heterocycles. The van der Waals surface area contributed by atoms with Crippen LogP contribution in [0, 0.1) is 0 Å². The standard InChI is InChI=1S/C6H10N2OS2/c1-4(9)8-5(2)11-6(7-8)10-3/h5H,1-3H3. The van der Waals surface area contributed by atoms with Crippen LogP contribution in [0.4, 0.5) is 0 Å². The molecule has 0 aromatic carbocycles. The van der Waals surface area contributed by atoms with Crippen LogP contribution in [0.15, 0.2) is 5.10 Å². The molecule has 1 amide bonds. The fourth-order valence-electron chi connectivity index (χ4n) is 0.804. The number of hydrogen-bond donors (Lipinski definition) is 0. The molecule has 0 N–H and O–H groups in total. The summed E-state index contributed by atoms with van der Waals surface area (Å²) in [4.78, 5) is 10.9. The molecule has 1 aliphatic heterocycles. The SMILES string of the molecule is CSC1=NN(C(C)=O)C(C)S1. The van der Waals surface area contributed by atoms with Crippen LogP contribution in [-0.4, -0.2) is 26.9 Å². The molecule has 0 aromatic heterocycles. The summed E-state index contributed by atoms with van der Waals surface area (Å²) in [6.45, 7) is 3.50. The maximum absolute atomic E-state index is 10.9. The predicted octanol–water partition coefficient (Wildman–Crippen LogP) is 1.56. The summed E-state index contributed by atoms with van der Waals surface area (Å²) < 4.78 is 0.965. The van der Waals surface area contributed by atoms with Crippen molar-refractivity contribution in [2.45, 2.75) is 19.2 Å². The molecule has 1 unspecified atom stereocenters. The number of hydrazone groups is 1. The zero-order chi connectivity index (χ0) is 8.43. The monoisotopic (exact) mass is 190 g/mol. The van der Waals surface area contributed by atoms with Crippen molar-refractivity contribution in [3.63, 3.8) is 0 Å². The van der Waals surface area contributed by atoms with Crippen LogP contribution in [0.2, 0.25) is 0 Å². The summed E-state index contributed by atoms with van der Waals surface area (Å²) in [5, 5.41) is 5.79. The van der Waals surface area contributed by atoms with E-state index >= 15 is 0 Å². The summed E-state index contributed by atoms with van der Waals surface area (Å²) in [5.41, 5.74) is 0. The van der Waals surface area contributed by atoms with Gasteiger partial charge < -0.3 is 0 Å². The number of thioether (sulfide) groups is 2. The van der Waals surface area contributed by atoms with Crippen LogP contribution in [0.1, 0.15) is 13.8 Å². The Hall–Kier alpha value is -0.160. The van der Waals surface area contributed by atoms with Crippen LogP contribution >= 0.6 is 23.5 Å². The van der Waals surface area contributed by atoms with E-state index in [9.17, 15) is 4.79 Å². The smallest absolute Gasteiger partial charge is 0.240 e. The van der Waals surface area contributed by atoms with E-state index in [1.807, 2.05) is 13.2 Å². The van der Waals surface area contributed by atoms with E-state index in [2.05, 4.69) is 5.10 Å². The molecular formula is C6H10N2OS2. The molecule has 0 saturated heterocycles. The molecule has 0 aromatic rings. The predicted molar refractivity (Wildman–Crippen MR) is 50.5 cm³/mol. The quantitative estimate of drug-likeness (QED) is 0.581. The van der Waals surface area contributed by atoms with Gasteiger partial charge in [-0.1, -0.05) is 11.8 Å². The fourth-order valence-corrected chi connectivity index (χ4v) is 2.50. The number of hydrogen-bond acceptors (Lipinski definition) is 4. The minimum Gasteiger partial charge on any atom is -0.273 e. The number of rotatable bonds is 0. The topological polar surface area (TPSA) is 32.7 Å². The second-order valence-electron chi connectivity index (χ2n) is 2.15. The first kappa shape index (κ1) is 8.93. The van der Waals surface area contributed by atoms with Gasteiger partial charge in [0.25, 0.3) is 0 Å². The second-order valence-corrected chi connectivity index (χ2v) is 4.51. The molecule has 3 nitrogen and oxygen atoms in total. The van der Waals surface area contributed by atoms with Gasteiger partial charge in [-0.3, -0.25) is 4.79 Å². The Bertz CT molecular complexity index is 205. The van der Waals surface area contributed by atoms with Gasteiger partial charge in [-0.2, -0.15) is 5.10 Å². The van der Waals surface area contributed by atoms with Gasteiger partial charge in [0.15, 0.2) is 4.38 Å². The molecule has 0 radical (unpaired) electrons. The average molecular weight is 190 g/mol. The zero-order valence-electron chi connectivity index (χ0n) is 6.70. The van der Waals surface area contributed by atoms with Gasteiger partial charge in [-0.25, -0.2) is 5.01 Å². The Morgan fingerprint density at radius 2 is 2.45 bits per heavy atom. The molecule has 1 rings (SSSR count). The Kier molecular flexibility index (Phi) is 2.84. The first-order valence-corrected chi connectivity index (χ1v) is 5.34. The van der Waals surface area contributed by atoms with Gasteiger partial charge >= 0.3 is 0 Å². The summed E-state index contributed by atoms with van der Waals surface area (Å²) in [6, 6.07) is 0. The van der Waals surface area contributed by atoms with Crippen molar-refractivity contribution < 1.29 is 4.79 Å². The molecule has 0 aliphatic carbocycles. The van der Waals surface area contributed by atoms with Crippen molar-refractivity contribution in [1.29, 1.82) is 0 Å². The molecular weight excluding hydrogens is 180 g/mol. The minimum absolute atomic E-state index is 0.00838. The van der Waals surface area contributed by atoms with E-state index in [1.54, 1.807) is 23.5 Å². The maximum atomic E-state index is 10.9. The minimum atomic E-state index is 0.00838.